The first-order chi connectivity index (χ1) is 12.2. The van der Waals surface area contributed by atoms with Crippen molar-refractivity contribution in [2.24, 2.45) is 23.7 Å². The zero-order valence-corrected chi connectivity index (χ0v) is 15.3. The van der Waals surface area contributed by atoms with E-state index in [1.54, 1.807) is 0 Å². The van der Waals surface area contributed by atoms with E-state index in [9.17, 15) is 9.18 Å². The molecule has 1 aromatic rings. The van der Waals surface area contributed by atoms with Gasteiger partial charge < -0.3 is 4.74 Å². The van der Waals surface area contributed by atoms with Gasteiger partial charge in [0.1, 0.15) is 5.75 Å². The quantitative estimate of drug-likeness (QED) is 0.518. The smallest absolute Gasteiger partial charge is 0.314 e. The Bertz CT molecular complexity index is 544. The maximum Gasteiger partial charge on any atom is 0.314 e. The van der Waals surface area contributed by atoms with Crippen molar-refractivity contribution in [1.29, 1.82) is 0 Å². The second-order valence-electron chi connectivity index (χ2n) is 7.92. The van der Waals surface area contributed by atoms with Crippen molar-refractivity contribution in [3.63, 3.8) is 0 Å². The van der Waals surface area contributed by atoms with Crippen LogP contribution < -0.4 is 4.74 Å². The second-order valence-corrected chi connectivity index (χ2v) is 7.92. The average Bonchev–Trinajstić information content (AvgIpc) is 2.65. The topological polar surface area (TPSA) is 39.2 Å². The lowest BCUT2D eigenvalue weighted by molar-refractivity contribution is -0.140. The summed E-state index contributed by atoms with van der Waals surface area (Å²) in [7, 11) is 0. The van der Waals surface area contributed by atoms with Crippen LogP contribution in [-0.2, 0) is 4.79 Å². The molecule has 0 spiro atoms. The van der Waals surface area contributed by atoms with Gasteiger partial charge in [-0.15, -0.1) is 0 Å². The van der Waals surface area contributed by atoms with Crippen LogP contribution in [0.25, 0.3) is 0 Å². The van der Waals surface area contributed by atoms with E-state index in [1.165, 1.54) is 56.9 Å². The number of rotatable bonds is 5. The Balaban J connectivity index is 1.42. The summed E-state index contributed by atoms with van der Waals surface area (Å²) in [4.78, 5) is 15.8. The van der Waals surface area contributed by atoms with Crippen molar-refractivity contribution >= 4 is 5.97 Å². The highest BCUT2D eigenvalue weighted by Gasteiger charge is 2.33. The van der Waals surface area contributed by atoms with Crippen molar-refractivity contribution in [2.45, 2.75) is 71.1 Å². The van der Waals surface area contributed by atoms with Crippen LogP contribution in [-0.4, -0.2) is 11.0 Å². The molecule has 2 fully saturated rings. The zero-order valence-electron chi connectivity index (χ0n) is 15.3. The standard InChI is InChI=1S/C21H30FNO2/c1-2-3-15-4-6-16(7-5-15)17-8-10-18(11-9-17)21(24)25-19-12-13-20(22)23-14-19/h12-18H,2-11H2,1H3. The van der Waals surface area contributed by atoms with Crippen molar-refractivity contribution in [3.05, 3.63) is 24.3 Å². The fourth-order valence-electron chi connectivity index (χ4n) is 4.80. The van der Waals surface area contributed by atoms with E-state index in [-0.39, 0.29) is 11.9 Å². The third kappa shape index (κ3) is 5.02. The number of aromatic nitrogens is 1. The predicted molar refractivity (Wildman–Crippen MR) is 95.6 cm³/mol. The van der Waals surface area contributed by atoms with Crippen molar-refractivity contribution < 1.29 is 13.9 Å². The Kier molecular flexibility index (Phi) is 6.44. The molecule has 2 aliphatic rings. The van der Waals surface area contributed by atoms with Gasteiger partial charge in [0.05, 0.1) is 12.1 Å². The van der Waals surface area contributed by atoms with Gasteiger partial charge in [0, 0.05) is 0 Å². The molecule has 1 aromatic heterocycles. The Morgan fingerprint density at radius 3 is 2.28 bits per heavy atom. The molecule has 4 heteroatoms. The number of halogens is 1. The van der Waals surface area contributed by atoms with E-state index in [0.29, 0.717) is 5.75 Å². The van der Waals surface area contributed by atoms with Gasteiger partial charge in [-0.2, -0.15) is 4.39 Å². The minimum Gasteiger partial charge on any atom is -0.425 e. The van der Waals surface area contributed by atoms with E-state index >= 15 is 0 Å². The molecule has 1 heterocycles. The summed E-state index contributed by atoms with van der Waals surface area (Å²) in [5.74, 6) is 2.19. The average molecular weight is 347 g/mol. The van der Waals surface area contributed by atoms with Crippen molar-refractivity contribution in [1.82, 2.24) is 4.98 Å². The normalized spacial score (nSPS) is 30.0. The van der Waals surface area contributed by atoms with Gasteiger partial charge in [0.2, 0.25) is 5.95 Å². The largest absolute Gasteiger partial charge is 0.425 e. The van der Waals surface area contributed by atoms with Crippen LogP contribution in [0.15, 0.2) is 18.3 Å². The Hall–Kier alpha value is -1.45. The number of carbonyl (C=O) groups is 1. The number of ether oxygens (including phenoxy) is 1. The van der Waals surface area contributed by atoms with Crippen LogP contribution in [0.2, 0.25) is 0 Å². The molecule has 0 radical (unpaired) electrons. The molecular formula is C21H30FNO2. The Morgan fingerprint density at radius 1 is 1.08 bits per heavy atom. The molecule has 25 heavy (non-hydrogen) atoms. The number of esters is 1. The first-order valence-electron chi connectivity index (χ1n) is 9.99. The van der Waals surface area contributed by atoms with Gasteiger partial charge in [-0.1, -0.05) is 32.6 Å². The second kappa shape index (κ2) is 8.77. The molecule has 0 N–H and O–H groups in total. The molecule has 3 rings (SSSR count). The van der Waals surface area contributed by atoms with E-state index in [0.717, 1.165) is 43.4 Å². The van der Waals surface area contributed by atoms with Gasteiger partial charge in [0.25, 0.3) is 0 Å². The van der Waals surface area contributed by atoms with Gasteiger partial charge in [-0.3, -0.25) is 4.79 Å². The third-order valence-corrected chi connectivity index (χ3v) is 6.28. The van der Waals surface area contributed by atoms with Crippen LogP contribution in [0, 0.1) is 29.6 Å². The summed E-state index contributed by atoms with van der Waals surface area (Å²) in [6, 6.07) is 2.68. The fourth-order valence-corrected chi connectivity index (χ4v) is 4.80. The van der Waals surface area contributed by atoms with Crippen molar-refractivity contribution in [2.75, 3.05) is 0 Å². The molecule has 2 aliphatic carbocycles. The molecule has 138 valence electrons. The summed E-state index contributed by atoms with van der Waals surface area (Å²) < 4.78 is 18.2. The van der Waals surface area contributed by atoms with Crippen molar-refractivity contribution in [3.8, 4) is 5.75 Å². The van der Waals surface area contributed by atoms with Gasteiger partial charge in [-0.05, 0) is 68.4 Å². The third-order valence-electron chi connectivity index (χ3n) is 6.28. The van der Waals surface area contributed by atoms with Gasteiger partial charge in [-0.25, -0.2) is 4.98 Å². The lowest BCUT2D eigenvalue weighted by Gasteiger charge is -2.37. The van der Waals surface area contributed by atoms with E-state index in [4.69, 9.17) is 4.74 Å². The number of nitrogens with zero attached hydrogens (tertiary/aromatic N) is 1. The summed E-state index contributed by atoms with van der Waals surface area (Å²) in [6.45, 7) is 2.29. The van der Waals surface area contributed by atoms with Gasteiger partial charge in [0.15, 0.2) is 0 Å². The molecule has 2 saturated carbocycles. The summed E-state index contributed by atoms with van der Waals surface area (Å²) in [5, 5.41) is 0. The molecule has 0 aliphatic heterocycles. The summed E-state index contributed by atoms with van der Waals surface area (Å²) in [5.41, 5.74) is 0. The first-order valence-corrected chi connectivity index (χ1v) is 9.99. The van der Waals surface area contributed by atoms with Gasteiger partial charge >= 0.3 is 5.97 Å². The molecule has 3 nitrogen and oxygen atoms in total. The molecule has 0 amide bonds. The number of hydrogen-bond donors (Lipinski definition) is 0. The van der Waals surface area contributed by atoms with E-state index in [2.05, 4.69) is 11.9 Å². The number of pyridine rings is 1. The Morgan fingerprint density at radius 2 is 1.72 bits per heavy atom. The van der Waals surface area contributed by atoms with Crippen LogP contribution in [0.5, 0.6) is 5.75 Å². The Labute approximate surface area is 150 Å². The highest BCUT2D eigenvalue weighted by molar-refractivity contribution is 5.75. The molecule has 0 atom stereocenters. The first kappa shape index (κ1) is 18.3. The maximum atomic E-state index is 12.8. The van der Waals surface area contributed by atoms with Crippen LogP contribution >= 0.6 is 0 Å². The molecule has 0 aromatic carbocycles. The monoisotopic (exact) mass is 347 g/mol. The lowest BCUT2D eigenvalue weighted by atomic mass is 9.69. The SMILES string of the molecule is CCCC1CCC(C2CCC(C(=O)Oc3ccc(F)nc3)CC2)CC1. The minimum atomic E-state index is -0.561. The highest BCUT2D eigenvalue weighted by atomic mass is 19.1. The molecule has 0 bridgehead atoms. The zero-order chi connectivity index (χ0) is 17.6. The van der Waals surface area contributed by atoms with Crippen LogP contribution in [0.4, 0.5) is 4.39 Å². The molecule has 0 saturated heterocycles. The maximum absolute atomic E-state index is 12.8. The van der Waals surface area contributed by atoms with Crippen LogP contribution in [0.1, 0.15) is 71.1 Å². The summed E-state index contributed by atoms with van der Waals surface area (Å²) in [6.07, 6.45) is 13.7. The number of carbonyl (C=O) groups excluding carboxylic acids is 1. The highest BCUT2D eigenvalue weighted by Crippen LogP contribution is 2.42. The van der Waals surface area contributed by atoms with Crippen LogP contribution in [0.3, 0.4) is 0 Å². The minimum absolute atomic E-state index is 0.0160. The van der Waals surface area contributed by atoms with E-state index in [1.807, 2.05) is 0 Å². The molecule has 0 unspecified atom stereocenters. The van der Waals surface area contributed by atoms with E-state index < -0.39 is 5.95 Å². The predicted octanol–water partition coefficient (Wildman–Crippen LogP) is 5.54. The lowest BCUT2D eigenvalue weighted by Crippen LogP contribution is -2.30. The summed E-state index contributed by atoms with van der Waals surface area (Å²) >= 11 is 0. The fraction of sp³-hybridized carbons (Fsp3) is 0.714. The molecular weight excluding hydrogens is 317 g/mol. The number of hydrogen-bond acceptors (Lipinski definition) is 3.